The molecule has 0 fully saturated rings. The SMILES string of the molecule is C=C=CC(O)(CC=C)c1ccccc1Br. The van der Waals surface area contributed by atoms with Crippen LogP contribution in [0.4, 0.5) is 0 Å². The van der Waals surface area contributed by atoms with Gasteiger partial charge in [0.05, 0.1) is 0 Å². The Labute approximate surface area is 98.6 Å². The van der Waals surface area contributed by atoms with Gasteiger partial charge in [-0.15, -0.1) is 12.3 Å². The van der Waals surface area contributed by atoms with E-state index in [-0.39, 0.29) is 0 Å². The molecule has 78 valence electrons. The molecule has 1 aromatic carbocycles. The Morgan fingerprint density at radius 1 is 1.47 bits per heavy atom. The molecular weight excluding hydrogens is 252 g/mol. The Hall–Kier alpha value is -1.08. The van der Waals surface area contributed by atoms with Crippen LogP contribution in [-0.2, 0) is 5.60 Å². The number of hydrogen-bond donors (Lipinski definition) is 1. The Balaban J connectivity index is 3.26. The van der Waals surface area contributed by atoms with E-state index in [1.165, 1.54) is 0 Å². The van der Waals surface area contributed by atoms with Crippen LogP contribution in [0.15, 0.2) is 59.8 Å². The molecule has 0 aliphatic heterocycles. The molecule has 1 atom stereocenters. The van der Waals surface area contributed by atoms with Crippen molar-refractivity contribution in [3.8, 4) is 0 Å². The molecule has 0 aromatic heterocycles. The zero-order valence-corrected chi connectivity index (χ0v) is 10.00. The van der Waals surface area contributed by atoms with E-state index in [1.807, 2.05) is 24.3 Å². The highest BCUT2D eigenvalue weighted by Gasteiger charge is 2.26. The predicted molar refractivity (Wildman–Crippen MR) is 66.6 cm³/mol. The minimum atomic E-state index is -1.08. The molecule has 0 saturated heterocycles. The molecule has 1 aromatic rings. The summed E-state index contributed by atoms with van der Waals surface area (Å²) in [5.41, 5.74) is 2.34. The third kappa shape index (κ3) is 2.69. The summed E-state index contributed by atoms with van der Waals surface area (Å²) in [6.45, 7) is 7.13. The normalized spacial score (nSPS) is 13.7. The van der Waals surface area contributed by atoms with Crippen molar-refractivity contribution >= 4 is 15.9 Å². The van der Waals surface area contributed by atoms with Crippen molar-refractivity contribution in [1.29, 1.82) is 0 Å². The van der Waals surface area contributed by atoms with Gasteiger partial charge in [0.15, 0.2) is 0 Å². The molecule has 1 nitrogen and oxygen atoms in total. The lowest BCUT2D eigenvalue weighted by molar-refractivity contribution is 0.0924. The molecular formula is C13H13BrO. The van der Waals surface area contributed by atoms with Gasteiger partial charge in [0.2, 0.25) is 0 Å². The van der Waals surface area contributed by atoms with E-state index < -0.39 is 5.60 Å². The summed E-state index contributed by atoms with van der Waals surface area (Å²) in [6, 6.07) is 7.53. The molecule has 0 saturated carbocycles. The Kier molecular flexibility index (Phi) is 4.10. The lowest BCUT2D eigenvalue weighted by Crippen LogP contribution is -2.22. The fourth-order valence-corrected chi connectivity index (χ4v) is 2.08. The van der Waals surface area contributed by atoms with Crippen molar-refractivity contribution < 1.29 is 5.11 Å². The van der Waals surface area contributed by atoms with Crippen LogP contribution in [0.1, 0.15) is 12.0 Å². The Morgan fingerprint density at radius 2 is 2.13 bits per heavy atom. The maximum atomic E-state index is 10.4. The number of aliphatic hydroxyl groups is 1. The first kappa shape index (κ1) is 12.0. The molecule has 0 radical (unpaired) electrons. The van der Waals surface area contributed by atoms with Gasteiger partial charge in [-0.1, -0.05) is 46.8 Å². The zero-order chi connectivity index (χ0) is 11.3. The lowest BCUT2D eigenvalue weighted by atomic mass is 9.90. The fraction of sp³-hybridized carbons (Fsp3) is 0.154. The minimum absolute atomic E-state index is 0.429. The first-order valence-corrected chi connectivity index (χ1v) is 5.38. The average molecular weight is 265 g/mol. The second kappa shape index (κ2) is 5.13. The van der Waals surface area contributed by atoms with E-state index in [0.717, 1.165) is 10.0 Å². The zero-order valence-electron chi connectivity index (χ0n) is 8.41. The molecule has 1 rings (SSSR count). The Bertz CT molecular complexity index is 405. The number of benzene rings is 1. The predicted octanol–water partition coefficient (Wildman–Crippen LogP) is 3.55. The molecule has 1 N–H and O–H groups in total. The van der Waals surface area contributed by atoms with Crippen molar-refractivity contribution in [2.24, 2.45) is 0 Å². The van der Waals surface area contributed by atoms with Gasteiger partial charge in [0.25, 0.3) is 0 Å². The molecule has 0 amide bonds. The average Bonchev–Trinajstić information content (AvgIpc) is 2.19. The van der Waals surface area contributed by atoms with E-state index in [0.29, 0.717) is 6.42 Å². The molecule has 2 heteroatoms. The highest BCUT2D eigenvalue weighted by molar-refractivity contribution is 9.10. The van der Waals surface area contributed by atoms with E-state index in [9.17, 15) is 5.11 Å². The standard InChI is InChI=1S/C13H13BrO/c1-3-9-13(15,10-4-2)11-7-5-6-8-12(11)14/h3,5-8,10,15H,1-2,9H2. The summed E-state index contributed by atoms with van der Waals surface area (Å²) in [4.78, 5) is 0. The quantitative estimate of drug-likeness (QED) is 0.652. The van der Waals surface area contributed by atoms with Crippen LogP contribution in [0.5, 0.6) is 0 Å². The topological polar surface area (TPSA) is 20.2 Å². The summed E-state index contributed by atoms with van der Waals surface area (Å²) < 4.78 is 0.862. The van der Waals surface area contributed by atoms with E-state index in [2.05, 4.69) is 34.8 Å². The van der Waals surface area contributed by atoms with Gasteiger partial charge in [-0.2, -0.15) is 0 Å². The van der Waals surface area contributed by atoms with Gasteiger partial charge in [0.1, 0.15) is 5.60 Å². The molecule has 0 bridgehead atoms. The van der Waals surface area contributed by atoms with Crippen molar-refractivity contribution in [2.75, 3.05) is 0 Å². The number of hydrogen-bond acceptors (Lipinski definition) is 1. The van der Waals surface area contributed by atoms with E-state index in [4.69, 9.17) is 0 Å². The monoisotopic (exact) mass is 264 g/mol. The first-order valence-electron chi connectivity index (χ1n) is 4.59. The summed E-state index contributed by atoms with van der Waals surface area (Å²) >= 11 is 3.41. The van der Waals surface area contributed by atoms with Crippen LogP contribution < -0.4 is 0 Å². The largest absolute Gasteiger partial charge is 0.380 e. The van der Waals surface area contributed by atoms with Gasteiger partial charge in [-0.25, -0.2) is 0 Å². The third-order valence-corrected chi connectivity index (χ3v) is 2.83. The second-order valence-electron chi connectivity index (χ2n) is 3.25. The van der Waals surface area contributed by atoms with Gasteiger partial charge in [-0.05, 0) is 12.1 Å². The minimum Gasteiger partial charge on any atom is -0.380 e. The highest BCUT2D eigenvalue weighted by atomic mass is 79.9. The van der Waals surface area contributed by atoms with Gasteiger partial charge in [-0.3, -0.25) is 0 Å². The van der Waals surface area contributed by atoms with Crippen molar-refractivity contribution in [2.45, 2.75) is 12.0 Å². The fourth-order valence-electron chi connectivity index (χ4n) is 1.45. The lowest BCUT2D eigenvalue weighted by Gasteiger charge is -2.24. The van der Waals surface area contributed by atoms with Crippen LogP contribution in [0.3, 0.4) is 0 Å². The molecule has 0 aliphatic rings. The van der Waals surface area contributed by atoms with Crippen molar-refractivity contribution in [3.05, 3.63) is 65.3 Å². The van der Waals surface area contributed by atoms with Gasteiger partial charge >= 0.3 is 0 Å². The maximum absolute atomic E-state index is 10.4. The summed E-state index contributed by atoms with van der Waals surface area (Å²) in [6.07, 6.45) is 3.65. The maximum Gasteiger partial charge on any atom is 0.120 e. The van der Waals surface area contributed by atoms with E-state index in [1.54, 1.807) is 12.2 Å². The van der Waals surface area contributed by atoms with Crippen LogP contribution in [0.25, 0.3) is 0 Å². The first-order chi connectivity index (χ1) is 7.14. The molecule has 0 spiro atoms. The van der Waals surface area contributed by atoms with Gasteiger partial charge < -0.3 is 5.11 Å². The number of rotatable bonds is 4. The van der Waals surface area contributed by atoms with Crippen LogP contribution in [-0.4, -0.2) is 5.11 Å². The van der Waals surface area contributed by atoms with Crippen molar-refractivity contribution in [1.82, 2.24) is 0 Å². The second-order valence-corrected chi connectivity index (χ2v) is 4.10. The molecule has 0 heterocycles. The Morgan fingerprint density at radius 3 is 2.67 bits per heavy atom. The van der Waals surface area contributed by atoms with Crippen LogP contribution >= 0.6 is 15.9 Å². The van der Waals surface area contributed by atoms with Crippen molar-refractivity contribution in [3.63, 3.8) is 0 Å². The van der Waals surface area contributed by atoms with Crippen LogP contribution in [0, 0.1) is 0 Å². The summed E-state index contributed by atoms with van der Waals surface area (Å²) in [7, 11) is 0. The number of halogens is 1. The molecule has 1 unspecified atom stereocenters. The third-order valence-electron chi connectivity index (χ3n) is 2.14. The molecule has 0 aliphatic carbocycles. The smallest absolute Gasteiger partial charge is 0.120 e. The molecule has 15 heavy (non-hydrogen) atoms. The summed E-state index contributed by atoms with van der Waals surface area (Å²) in [5, 5.41) is 10.4. The van der Waals surface area contributed by atoms with E-state index >= 15 is 0 Å². The highest BCUT2D eigenvalue weighted by Crippen LogP contribution is 2.32. The van der Waals surface area contributed by atoms with Crippen LogP contribution in [0.2, 0.25) is 0 Å². The summed E-state index contributed by atoms with van der Waals surface area (Å²) in [5.74, 6) is 0. The van der Waals surface area contributed by atoms with Gasteiger partial charge in [0, 0.05) is 16.5 Å².